The van der Waals surface area contributed by atoms with Crippen LogP contribution in [0.25, 0.3) is 11.0 Å². The molecule has 1 saturated carbocycles. The van der Waals surface area contributed by atoms with Gasteiger partial charge in [0.2, 0.25) is 11.8 Å². The molecular formula is C27H30N4O3. The van der Waals surface area contributed by atoms with Crippen molar-refractivity contribution in [2.75, 3.05) is 26.2 Å². The third-order valence-electron chi connectivity index (χ3n) is 6.83. The number of piperazine rings is 1. The van der Waals surface area contributed by atoms with Crippen LogP contribution >= 0.6 is 0 Å². The highest BCUT2D eigenvalue weighted by molar-refractivity contribution is 5.82. The van der Waals surface area contributed by atoms with Crippen molar-refractivity contribution in [3.8, 4) is 0 Å². The lowest BCUT2D eigenvalue weighted by atomic mass is 10.1. The second-order valence-corrected chi connectivity index (χ2v) is 9.22. The number of fused-ring (bicyclic) bond motifs is 1. The fourth-order valence-electron chi connectivity index (χ4n) is 4.66. The summed E-state index contributed by atoms with van der Waals surface area (Å²) in [6.07, 6.45) is 3.31. The third-order valence-corrected chi connectivity index (χ3v) is 6.83. The van der Waals surface area contributed by atoms with Gasteiger partial charge in [-0.05, 0) is 37.0 Å². The van der Waals surface area contributed by atoms with Crippen molar-refractivity contribution >= 4 is 22.8 Å². The number of hydrogen-bond acceptors (Lipinski definition) is 4. The molecule has 2 aromatic carbocycles. The summed E-state index contributed by atoms with van der Waals surface area (Å²) in [5, 5.41) is 0. The number of para-hydroxylation sites is 2. The van der Waals surface area contributed by atoms with E-state index < -0.39 is 0 Å². The molecule has 0 bridgehead atoms. The fraction of sp³-hybridized carbons (Fsp3) is 0.407. The Morgan fingerprint density at radius 3 is 2.26 bits per heavy atom. The van der Waals surface area contributed by atoms with Gasteiger partial charge in [0.15, 0.2) is 0 Å². The van der Waals surface area contributed by atoms with Crippen molar-refractivity contribution < 1.29 is 9.59 Å². The fourth-order valence-corrected chi connectivity index (χ4v) is 4.66. The Kier molecular flexibility index (Phi) is 6.43. The van der Waals surface area contributed by atoms with E-state index in [0.717, 1.165) is 30.3 Å². The van der Waals surface area contributed by atoms with E-state index in [9.17, 15) is 14.4 Å². The Balaban J connectivity index is 1.26. The highest BCUT2D eigenvalue weighted by Gasteiger charge is 2.35. The van der Waals surface area contributed by atoms with Crippen LogP contribution in [0.15, 0.2) is 59.4 Å². The van der Waals surface area contributed by atoms with Gasteiger partial charge in [-0.2, -0.15) is 0 Å². The van der Waals surface area contributed by atoms with Crippen LogP contribution in [0.3, 0.4) is 0 Å². The van der Waals surface area contributed by atoms with E-state index in [2.05, 4.69) is 17.1 Å². The average molecular weight is 459 g/mol. The highest BCUT2D eigenvalue weighted by Crippen LogP contribution is 2.31. The Bertz CT molecular complexity index is 1240. The second-order valence-electron chi connectivity index (χ2n) is 9.22. The van der Waals surface area contributed by atoms with Gasteiger partial charge in [0.05, 0.1) is 11.0 Å². The first-order valence-corrected chi connectivity index (χ1v) is 12.2. The Labute approximate surface area is 199 Å². The van der Waals surface area contributed by atoms with Gasteiger partial charge in [0.25, 0.3) is 5.56 Å². The molecule has 7 heteroatoms. The number of aromatic nitrogens is 2. The highest BCUT2D eigenvalue weighted by atomic mass is 16.2. The van der Waals surface area contributed by atoms with Gasteiger partial charge >= 0.3 is 0 Å². The number of aryl methyl sites for hydroxylation is 3. The maximum absolute atomic E-state index is 13.3. The molecule has 2 amide bonds. The Hall–Kier alpha value is -3.48. The van der Waals surface area contributed by atoms with Gasteiger partial charge in [-0.25, -0.2) is 4.98 Å². The van der Waals surface area contributed by atoms with Gasteiger partial charge < -0.3 is 14.4 Å². The van der Waals surface area contributed by atoms with Gasteiger partial charge in [-0.3, -0.25) is 14.4 Å². The molecule has 1 aliphatic heterocycles. The summed E-state index contributed by atoms with van der Waals surface area (Å²) in [6, 6.07) is 17.8. The van der Waals surface area contributed by atoms with Crippen molar-refractivity contribution in [3.63, 3.8) is 0 Å². The van der Waals surface area contributed by atoms with Crippen molar-refractivity contribution in [2.24, 2.45) is 5.92 Å². The van der Waals surface area contributed by atoms with Crippen LogP contribution < -0.4 is 5.56 Å². The van der Waals surface area contributed by atoms with Gasteiger partial charge in [0.1, 0.15) is 5.69 Å². The molecule has 1 saturated heterocycles. The van der Waals surface area contributed by atoms with Gasteiger partial charge in [-0.1, -0.05) is 42.5 Å². The van der Waals surface area contributed by atoms with Crippen LogP contribution in [0.1, 0.15) is 30.5 Å². The van der Waals surface area contributed by atoms with Crippen LogP contribution in [0.4, 0.5) is 0 Å². The van der Waals surface area contributed by atoms with Gasteiger partial charge in [-0.15, -0.1) is 0 Å². The lowest BCUT2D eigenvalue weighted by Gasteiger charge is -2.35. The average Bonchev–Trinajstić information content (AvgIpc) is 3.73. The zero-order valence-corrected chi connectivity index (χ0v) is 19.4. The lowest BCUT2D eigenvalue weighted by molar-refractivity contribution is -0.140. The SMILES string of the molecule is O=C(CCc1nc2ccccc2n(CCc2ccccc2)c1=O)N1CCN(C(=O)C2CC2)CC1. The number of carbonyl (C=O) groups excluding carboxylic acids is 2. The summed E-state index contributed by atoms with van der Waals surface area (Å²) < 4.78 is 1.79. The van der Waals surface area contributed by atoms with E-state index in [0.29, 0.717) is 44.8 Å². The summed E-state index contributed by atoms with van der Waals surface area (Å²) in [5.41, 5.74) is 3.07. The molecule has 3 aromatic rings. The van der Waals surface area contributed by atoms with Crippen LogP contribution in [0.2, 0.25) is 0 Å². The molecule has 0 N–H and O–H groups in total. The lowest BCUT2D eigenvalue weighted by Crippen LogP contribution is -2.51. The molecule has 2 aliphatic rings. The number of carbonyl (C=O) groups is 2. The topological polar surface area (TPSA) is 75.5 Å². The molecule has 0 radical (unpaired) electrons. The molecule has 5 rings (SSSR count). The second kappa shape index (κ2) is 9.79. The van der Waals surface area contributed by atoms with Crippen molar-refractivity contribution in [1.29, 1.82) is 0 Å². The van der Waals surface area contributed by atoms with E-state index in [1.807, 2.05) is 52.3 Å². The zero-order valence-electron chi connectivity index (χ0n) is 19.4. The molecule has 176 valence electrons. The number of hydrogen-bond donors (Lipinski definition) is 0. The van der Waals surface area contributed by atoms with Crippen molar-refractivity contribution in [1.82, 2.24) is 19.4 Å². The predicted octanol–water partition coefficient (Wildman–Crippen LogP) is 2.65. The summed E-state index contributed by atoms with van der Waals surface area (Å²) in [4.78, 5) is 46.7. The standard InChI is InChI=1S/C27H30N4O3/c32-25(29-16-18-30(19-17-29)26(33)21-10-11-21)13-12-23-27(34)31(15-14-20-6-2-1-3-7-20)24-9-5-4-8-22(24)28-23/h1-9,21H,10-19H2. The van der Waals surface area contributed by atoms with Crippen LogP contribution in [-0.2, 0) is 29.0 Å². The van der Waals surface area contributed by atoms with Crippen LogP contribution in [0.5, 0.6) is 0 Å². The first kappa shape index (κ1) is 22.3. The maximum Gasteiger partial charge on any atom is 0.272 e. The van der Waals surface area contributed by atoms with Crippen molar-refractivity contribution in [2.45, 2.75) is 38.6 Å². The molecular weight excluding hydrogens is 428 g/mol. The molecule has 2 fully saturated rings. The molecule has 0 unspecified atom stereocenters. The zero-order chi connectivity index (χ0) is 23.5. The first-order valence-electron chi connectivity index (χ1n) is 12.2. The largest absolute Gasteiger partial charge is 0.339 e. The predicted molar refractivity (Wildman–Crippen MR) is 130 cm³/mol. The summed E-state index contributed by atoms with van der Waals surface area (Å²) in [7, 11) is 0. The number of nitrogens with zero attached hydrogens (tertiary/aromatic N) is 4. The van der Waals surface area contributed by atoms with E-state index in [1.54, 1.807) is 4.57 Å². The molecule has 7 nitrogen and oxygen atoms in total. The molecule has 1 aliphatic carbocycles. The Morgan fingerprint density at radius 1 is 0.853 bits per heavy atom. The van der Waals surface area contributed by atoms with Crippen LogP contribution in [0, 0.1) is 5.92 Å². The summed E-state index contributed by atoms with van der Waals surface area (Å²) >= 11 is 0. The summed E-state index contributed by atoms with van der Waals surface area (Å²) in [6.45, 7) is 2.88. The number of rotatable bonds is 7. The van der Waals surface area contributed by atoms with E-state index in [-0.39, 0.29) is 29.7 Å². The normalized spacial score (nSPS) is 16.1. The van der Waals surface area contributed by atoms with Crippen molar-refractivity contribution in [3.05, 3.63) is 76.2 Å². The molecule has 0 atom stereocenters. The molecule has 34 heavy (non-hydrogen) atoms. The van der Waals surface area contributed by atoms with Gasteiger partial charge in [0, 0.05) is 51.5 Å². The van der Waals surface area contributed by atoms with Crippen LogP contribution in [-0.4, -0.2) is 57.3 Å². The smallest absolute Gasteiger partial charge is 0.272 e. The number of benzene rings is 2. The first-order chi connectivity index (χ1) is 16.6. The van der Waals surface area contributed by atoms with E-state index in [1.165, 1.54) is 5.56 Å². The van der Waals surface area contributed by atoms with E-state index in [4.69, 9.17) is 0 Å². The minimum absolute atomic E-state index is 0.0173. The number of amides is 2. The quantitative estimate of drug-likeness (QED) is 0.546. The van der Waals surface area contributed by atoms with E-state index >= 15 is 0 Å². The Morgan fingerprint density at radius 2 is 1.53 bits per heavy atom. The molecule has 2 heterocycles. The minimum Gasteiger partial charge on any atom is -0.339 e. The third kappa shape index (κ3) is 4.88. The minimum atomic E-state index is -0.123. The molecule has 0 spiro atoms. The maximum atomic E-state index is 13.3. The summed E-state index contributed by atoms with van der Waals surface area (Å²) in [5.74, 6) is 0.470. The molecule has 1 aromatic heterocycles. The monoisotopic (exact) mass is 458 g/mol.